The molecular formula is C25H28N4O2. The van der Waals surface area contributed by atoms with Gasteiger partial charge in [-0.1, -0.05) is 18.2 Å². The molecule has 0 spiro atoms. The number of hydrogen-bond acceptors (Lipinski definition) is 6. The third kappa shape index (κ3) is 4.28. The first-order valence-electron chi connectivity index (χ1n) is 10.6. The summed E-state index contributed by atoms with van der Waals surface area (Å²) in [6.45, 7) is 2.43. The Labute approximate surface area is 183 Å². The Bertz CT molecular complexity index is 1100. The summed E-state index contributed by atoms with van der Waals surface area (Å²) >= 11 is 0. The molecule has 31 heavy (non-hydrogen) atoms. The van der Waals surface area contributed by atoms with Gasteiger partial charge in [0.2, 0.25) is 5.82 Å². The molecule has 4 rings (SSSR count). The summed E-state index contributed by atoms with van der Waals surface area (Å²) in [5.41, 5.74) is 3.13. The molecule has 0 aliphatic carbocycles. The van der Waals surface area contributed by atoms with E-state index in [0.717, 1.165) is 54.1 Å². The SMILES string of the molecule is C#Cc1nc(N2CCC(c3ccccc3OC)CC2)c2cc(N(C)CCO)ccc2n1. The van der Waals surface area contributed by atoms with Crippen molar-refractivity contribution in [3.8, 4) is 18.1 Å². The Hall–Kier alpha value is -3.30. The lowest BCUT2D eigenvalue weighted by Gasteiger charge is -2.34. The molecule has 1 aromatic heterocycles. The van der Waals surface area contributed by atoms with Gasteiger partial charge in [-0.15, -0.1) is 6.42 Å². The van der Waals surface area contributed by atoms with E-state index in [1.165, 1.54) is 5.56 Å². The second-order valence-electron chi connectivity index (χ2n) is 7.87. The van der Waals surface area contributed by atoms with Crippen molar-refractivity contribution < 1.29 is 9.84 Å². The lowest BCUT2D eigenvalue weighted by molar-refractivity contribution is 0.304. The minimum atomic E-state index is 0.102. The van der Waals surface area contributed by atoms with Gasteiger partial charge < -0.3 is 19.6 Å². The molecule has 0 bridgehead atoms. The fraction of sp³-hybridized carbons (Fsp3) is 0.360. The lowest BCUT2D eigenvalue weighted by Crippen LogP contribution is -2.34. The number of para-hydroxylation sites is 1. The molecule has 1 fully saturated rings. The predicted octanol–water partition coefficient (Wildman–Crippen LogP) is 3.43. The quantitative estimate of drug-likeness (QED) is 0.621. The van der Waals surface area contributed by atoms with Gasteiger partial charge in [0, 0.05) is 37.8 Å². The van der Waals surface area contributed by atoms with E-state index in [2.05, 4.69) is 34.0 Å². The second-order valence-corrected chi connectivity index (χ2v) is 7.87. The van der Waals surface area contributed by atoms with Crippen LogP contribution in [0, 0.1) is 12.3 Å². The number of piperidine rings is 1. The maximum atomic E-state index is 9.29. The van der Waals surface area contributed by atoms with E-state index in [0.29, 0.717) is 18.3 Å². The Morgan fingerprint density at radius 3 is 2.68 bits per heavy atom. The zero-order valence-corrected chi connectivity index (χ0v) is 18.1. The third-order valence-corrected chi connectivity index (χ3v) is 6.04. The van der Waals surface area contributed by atoms with E-state index >= 15 is 0 Å². The number of aliphatic hydroxyl groups excluding tert-OH is 1. The van der Waals surface area contributed by atoms with Gasteiger partial charge in [-0.05, 0) is 54.5 Å². The number of rotatable bonds is 6. The third-order valence-electron chi connectivity index (χ3n) is 6.04. The zero-order valence-electron chi connectivity index (χ0n) is 18.1. The van der Waals surface area contributed by atoms with Gasteiger partial charge in [0.1, 0.15) is 11.6 Å². The number of likely N-dealkylation sites (N-methyl/N-ethyl adjacent to an activating group) is 1. The minimum Gasteiger partial charge on any atom is -0.496 e. The van der Waals surface area contributed by atoms with Crippen molar-refractivity contribution >= 4 is 22.4 Å². The maximum absolute atomic E-state index is 9.29. The molecule has 6 heteroatoms. The van der Waals surface area contributed by atoms with Gasteiger partial charge in [0.25, 0.3) is 0 Å². The van der Waals surface area contributed by atoms with Crippen molar-refractivity contribution in [3.63, 3.8) is 0 Å². The minimum absolute atomic E-state index is 0.102. The number of aliphatic hydroxyl groups is 1. The fourth-order valence-corrected chi connectivity index (χ4v) is 4.33. The number of benzene rings is 2. The molecule has 0 saturated carbocycles. The Balaban J connectivity index is 1.64. The van der Waals surface area contributed by atoms with Gasteiger partial charge in [-0.3, -0.25) is 0 Å². The van der Waals surface area contributed by atoms with Crippen molar-refractivity contribution in [2.45, 2.75) is 18.8 Å². The van der Waals surface area contributed by atoms with Crippen molar-refractivity contribution in [1.29, 1.82) is 0 Å². The predicted molar refractivity (Wildman–Crippen MR) is 125 cm³/mol. The number of methoxy groups -OCH3 is 1. The standard InChI is InChI=1S/C25H28N4O2/c1-4-24-26-22-10-9-19(28(2)15-16-30)17-21(22)25(27-24)29-13-11-18(12-14-29)20-7-5-6-8-23(20)31-3/h1,5-10,17-18,30H,11-16H2,2-3H3. The molecule has 1 aliphatic rings. The van der Waals surface area contributed by atoms with Crippen LogP contribution in [-0.4, -0.2) is 55.5 Å². The normalized spacial score (nSPS) is 14.5. The molecule has 2 aromatic carbocycles. The summed E-state index contributed by atoms with van der Waals surface area (Å²) < 4.78 is 5.57. The molecule has 160 valence electrons. The Morgan fingerprint density at radius 2 is 1.97 bits per heavy atom. The summed E-state index contributed by atoms with van der Waals surface area (Å²) in [6.07, 6.45) is 7.67. The van der Waals surface area contributed by atoms with Gasteiger partial charge in [-0.25, -0.2) is 9.97 Å². The number of ether oxygens (including phenoxy) is 1. The summed E-state index contributed by atoms with van der Waals surface area (Å²) in [5, 5.41) is 10.3. The van der Waals surface area contributed by atoms with E-state index in [4.69, 9.17) is 16.1 Å². The summed E-state index contributed by atoms with van der Waals surface area (Å²) in [5.74, 6) is 5.31. The highest BCUT2D eigenvalue weighted by atomic mass is 16.5. The van der Waals surface area contributed by atoms with Crippen LogP contribution in [0.25, 0.3) is 10.9 Å². The maximum Gasteiger partial charge on any atom is 0.207 e. The van der Waals surface area contributed by atoms with E-state index in [1.807, 2.05) is 36.2 Å². The van der Waals surface area contributed by atoms with E-state index < -0.39 is 0 Å². The van der Waals surface area contributed by atoms with Gasteiger partial charge in [-0.2, -0.15) is 0 Å². The highest BCUT2D eigenvalue weighted by Gasteiger charge is 2.25. The Morgan fingerprint density at radius 1 is 1.19 bits per heavy atom. The smallest absolute Gasteiger partial charge is 0.207 e. The number of hydrogen-bond donors (Lipinski definition) is 1. The molecule has 6 nitrogen and oxygen atoms in total. The average Bonchev–Trinajstić information content (AvgIpc) is 2.83. The first-order chi connectivity index (χ1) is 15.1. The molecule has 0 amide bonds. The van der Waals surface area contributed by atoms with Crippen molar-refractivity contribution in [3.05, 3.63) is 53.9 Å². The summed E-state index contributed by atoms with van der Waals surface area (Å²) in [6, 6.07) is 14.4. The lowest BCUT2D eigenvalue weighted by atomic mass is 9.88. The van der Waals surface area contributed by atoms with Crippen LogP contribution < -0.4 is 14.5 Å². The van der Waals surface area contributed by atoms with Gasteiger partial charge in [0.05, 0.1) is 19.2 Å². The average molecular weight is 417 g/mol. The Kier molecular flexibility index (Phi) is 6.24. The first-order valence-corrected chi connectivity index (χ1v) is 10.6. The van der Waals surface area contributed by atoms with Crippen molar-refractivity contribution in [1.82, 2.24) is 9.97 Å². The summed E-state index contributed by atoms with van der Waals surface area (Å²) in [7, 11) is 3.69. The zero-order chi connectivity index (χ0) is 21.8. The van der Waals surface area contributed by atoms with Crippen LogP contribution in [0.1, 0.15) is 30.1 Å². The molecule has 1 saturated heterocycles. The van der Waals surface area contributed by atoms with E-state index in [-0.39, 0.29) is 6.61 Å². The highest BCUT2D eigenvalue weighted by Crippen LogP contribution is 2.36. The highest BCUT2D eigenvalue weighted by molar-refractivity contribution is 5.92. The molecule has 0 radical (unpaired) electrons. The topological polar surface area (TPSA) is 61.7 Å². The van der Waals surface area contributed by atoms with Crippen LogP contribution in [0.5, 0.6) is 5.75 Å². The molecule has 0 unspecified atom stereocenters. The number of aromatic nitrogens is 2. The monoisotopic (exact) mass is 416 g/mol. The van der Waals surface area contributed by atoms with E-state index in [9.17, 15) is 5.11 Å². The van der Waals surface area contributed by atoms with Crippen molar-refractivity contribution in [2.24, 2.45) is 0 Å². The van der Waals surface area contributed by atoms with Crippen LogP contribution in [0.2, 0.25) is 0 Å². The van der Waals surface area contributed by atoms with Crippen molar-refractivity contribution in [2.75, 3.05) is 50.2 Å². The fourth-order valence-electron chi connectivity index (χ4n) is 4.33. The van der Waals surface area contributed by atoms with Crippen LogP contribution in [0.3, 0.4) is 0 Å². The largest absolute Gasteiger partial charge is 0.496 e. The van der Waals surface area contributed by atoms with E-state index in [1.54, 1.807) is 7.11 Å². The van der Waals surface area contributed by atoms with Crippen LogP contribution in [-0.2, 0) is 0 Å². The number of nitrogens with zero attached hydrogens (tertiary/aromatic N) is 4. The van der Waals surface area contributed by atoms with Gasteiger partial charge >= 0.3 is 0 Å². The molecular weight excluding hydrogens is 388 g/mol. The number of fused-ring (bicyclic) bond motifs is 1. The summed E-state index contributed by atoms with van der Waals surface area (Å²) in [4.78, 5) is 13.6. The first kappa shape index (κ1) is 21.0. The molecule has 1 aliphatic heterocycles. The number of anilines is 2. The molecule has 2 heterocycles. The molecule has 0 atom stereocenters. The molecule has 1 N–H and O–H groups in total. The molecule has 3 aromatic rings. The van der Waals surface area contributed by atoms with Crippen LogP contribution >= 0.6 is 0 Å². The second kappa shape index (κ2) is 9.23. The number of terminal acetylenes is 1. The van der Waals surface area contributed by atoms with Gasteiger partial charge in [0.15, 0.2) is 0 Å². The van der Waals surface area contributed by atoms with Crippen LogP contribution in [0.4, 0.5) is 11.5 Å². The van der Waals surface area contributed by atoms with Crippen LogP contribution in [0.15, 0.2) is 42.5 Å².